The lowest BCUT2D eigenvalue weighted by Crippen LogP contribution is -2.47. The van der Waals surface area contributed by atoms with Crippen LogP contribution in [-0.2, 0) is 14.4 Å². The summed E-state index contributed by atoms with van der Waals surface area (Å²) in [5.74, 6) is 0. The van der Waals surface area contributed by atoms with Crippen molar-refractivity contribution in [1.29, 1.82) is 0 Å². The number of nitrogens with zero attached hydrogens (tertiary/aromatic N) is 2. The van der Waals surface area contributed by atoms with Crippen LogP contribution in [0.5, 0.6) is 0 Å². The number of rotatable bonds is 8. The van der Waals surface area contributed by atoms with Gasteiger partial charge in [0.15, 0.2) is 8.32 Å². The van der Waals surface area contributed by atoms with E-state index in [0.717, 1.165) is 0 Å². The fourth-order valence-corrected chi connectivity index (χ4v) is 6.31. The van der Waals surface area contributed by atoms with E-state index in [0.29, 0.717) is 12.8 Å². The average Bonchev–Trinajstić information content (AvgIpc) is 2.85. The summed E-state index contributed by atoms with van der Waals surface area (Å²) in [4.78, 5) is 10.3. The van der Waals surface area contributed by atoms with Crippen molar-refractivity contribution in [2.45, 2.75) is 74.9 Å². The lowest BCUT2D eigenvalue weighted by molar-refractivity contribution is -0.384. The van der Waals surface area contributed by atoms with Crippen LogP contribution in [-0.4, -0.2) is 55.9 Å². The number of sulfonamides is 1. The summed E-state index contributed by atoms with van der Waals surface area (Å²) in [6.45, 7) is 14.4. The minimum Gasteiger partial charge on any atom is -0.414 e. The first-order valence-corrected chi connectivity index (χ1v) is 15.0. The van der Waals surface area contributed by atoms with Crippen LogP contribution < -0.4 is 0 Å². The number of hydrogen-bond donors (Lipinski definition) is 1. The van der Waals surface area contributed by atoms with Crippen LogP contribution in [0, 0.1) is 10.1 Å². The van der Waals surface area contributed by atoms with Crippen molar-refractivity contribution in [2.24, 2.45) is 0 Å². The number of nitro groups is 1. The highest BCUT2D eigenvalue weighted by molar-refractivity contribution is 7.89. The van der Waals surface area contributed by atoms with Crippen molar-refractivity contribution in [3.8, 4) is 0 Å². The highest BCUT2D eigenvalue weighted by atomic mass is 32.2. The molecule has 0 bridgehead atoms. The molecule has 1 aromatic carbocycles. The van der Waals surface area contributed by atoms with E-state index in [9.17, 15) is 23.6 Å². The van der Waals surface area contributed by atoms with Crippen LogP contribution >= 0.6 is 0 Å². The molecule has 178 valence electrons. The van der Waals surface area contributed by atoms with Gasteiger partial charge in [-0.05, 0) is 36.7 Å². The maximum atomic E-state index is 13.4. The Bertz CT molecular complexity index is 954. The van der Waals surface area contributed by atoms with Crippen LogP contribution in [0.4, 0.5) is 5.69 Å². The largest absolute Gasteiger partial charge is 0.414 e. The molecular formula is C22H34N2O6SSi. The van der Waals surface area contributed by atoms with E-state index in [1.54, 1.807) is 12.2 Å². The normalized spacial score (nSPS) is 22.5. The second-order valence-electron chi connectivity index (χ2n) is 9.61. The first kappa shape index (κ1) is 26.4. The lowest BCUT2D eigenvalue weighted by Gasteiger charge is -2.40. The molecule has 0 spiro atoms. The second-order valence-corrected chi connectivity index (χ2v) is 16.3. The molecule has 1 aliphatic rings. The average molecular weight is 483 g/mol. The highest BCUT2D eigenvalue weighted by Gasteiger charge is 2.41. The zero-order valence-corrected chi connectivity index (χ0v) is 21.2. The number of hydrogen-bond acceptors (Lipinski definition) is 6. The van der Waals surface area contributed by atoms with Crippen LogP contribution in [0.15, 0.2) is 54.0 Å². The third-order valence-electron chi connectivity index (χ3n) is 6.16. The molecule has 3 atom stereocenters. The molecule has 0 radical (unpaired) electrons. The summed E-state index contributed by atoms with van der Waals surface area (Å²) < 4.78 is 34.7. The SMILES string of the molecule is C=CCN([C@@H]1C=C[C@H](O)C[C@H](O[Si](C)(C)C(C)(C)C)C1)S(=O)(=O)c1ccc([N+](=O)[O-])cc1. The number of aliphatic hydroxyl groups excluding tert-OH is 1. The van der Waals surface area contributed by atoms with Gasteiger partial charge in [0.25, 0.3) is 5.69 Å². The number of aliphatic hydroxyl groups is 1. The third kappa shape index (κ3) is 6.14. The van der Waals surface area contributed by atoms with E-state index in [4.69, 9.17) is 4.43 Å². The van der Waals surface area contributed by atoms with Crippen molar-refractivity contribution < 1.29 is 22.9 Å². The van der Waals surface area contributed by atoms with Gasteiger partial charge in [-0.15, -0.1) is 6.58 Å². The van der Waals surface area contributed by atoms with Crippen LogP contribution in [0.3, 0.4) is 0 Å². The van der Waals surface area contributed by atoms with E-state index in [2.05, 4.69) is 40.4 Å². The van der Waals surface area contributed by atoms with Crippen molar-refractivity contribution in [3.05, 3.63) is 59.2 Å². The van der Waals surface area contributed by atoms with Gasteiger partial charge in [-0.3, -0.25) is 10.1 Å². The molecule has 0 unspecified atom stereocenters. The van der Waals surface area contributed by atoms with Crippen LogP contribution in [0.25, 0.3) is 0 Å². The molecule has 0 aliphatic heterocycles. The van der Waals surface area contributed by atoms with Gasteiger partial charge in [-0.25, -0.2) is 8.42 Å². The van der Waals surface area contributed by atoms with Gasteiger partial charge in [0, 0.05) is 37.2 Å². The van der Waals surface area contributed by atoms with E-state index in [-0.39, 0.29) is 28.3 Å². The predicted octanol–water partition coefficient (Wildman–Crippen LogP) is 4.24. The molecule has 0 fully saturated rings. The Morgan fingerprint density at radius 3 is 2.34 bits per heavy atom. The number of benzene rings is 1. The zero-order chi connectivity index (χ0) is 24.3. The van der Waals surface area contributed by atoms with Gasteiger partial charge in [-0.2, -0.15) is 4.31 Å². The Hall–Kier alpha value is -1.85. The van der Waals surface area contributed by atoms with Crippen LogP contribution in [0.2, 0.25) is 18.1 Å². The highest BCUT2D eigenvalue weighted by Crippen LogP contribution is 2.39. The maximum Gasteiger partial charge on any atom is 0.269 e. The summed E-state index contributed by atoms with van der Waals surface area (Å²) in [6.07, 6.45) is 4.54. The number of non-ortho nitro benzene ring substituents is 1. The molecular weight excluding hydrogens is 448 g/mol. The summed E-state index contributed by atoms with van der Waals surface area (Å²) >= 11 is 0. The summed E-state index contributed by atoms with van der Waals surface area (Å²) in [6, 6.07) is 4.27. The second kappa shape index (κ2) is 9.96. The molecule has 1 N–H and O–H groups in total. The molecule has 1 aromatic rings. The van der Waals surface area contributed by atoms with Crippen molar-refractivity contribution >= 4 is 24.0 Å². The molecule has 2 rings (SSSR count). The Labute approximate surface area is 191 Å². The zero-order valence-electron chi connectivity index (χ0n) is 19.4. The summed E-state index contributed by atoms with van der Waals surface area (Å²) in [5.41, 5.74) is -0.181. The standard InChI is InChI=1S/C22H34N2O6SSi/c1-7-14-23(31(28,29)21-12-9-17(10-13-21)24(26)27)18-8-11-19(25)16-20(15-18)30-32(5,6)22(2,3)4/h7-13,18-20,25H,1,14-16H2,2-6H3/t18-,19+,20-/m1/s1. The predicted molar refractivity (Wildman–Crippen MR) is 127 cm³/mol. The molecule has 0 amide bonds. The van der Waals surface area contributed by atoms with E-state index >= 15 is 0 Å². The van der Waals surface area contributed by atoms with Gasteiger partial charge in [0.1, 0.15) is 0 Å². The third-order valence-corrected chi connectivity index (χ3v) is 12.6. The fraction of sp³-hybridized carbons (Fsp3) is 0.545. The van der Waals surface area contributed by atoms with E-state index in [1.807, 2.05) is 0 Å². The number of nitro benzene ring substituents is 1. The van der Waals surface area contributed by atoms with E-state index < -0.39 is 35.4 Å². The minimum absolute atomic E-state index is 0.0290. The minimum atomic E-state index is -3.97. The first-order valence-electron chi connectivity index (χ1n) is 10.6. The van der Waals surface area contributed by atoms with E-state index in [1.165, 1.54) is 34.6 Å². The quantitative estimate of drug-likeness (QED) is 0.257. The molecule has 0 saturated heterocycles. The topological polar surface area (TPSA) is 110 Å². The van der Waals surface area contributed by atoms with Crippen molar-refractivity contribution in [3.63, 3.8) is 0 Å². The van der Waals surface area contributed by atoms with Crippen molar-refractivity contribution in [1.82, 2.24) is 4.31 Å². The Kier molecular flexibility index (Phi) is 8.22. The van der Waals surface area contributed by atoms with Crippen molar-refractivity contribution in [2.75, 3.05) is 6.54 Å². The van der Waals surface area contributed by atoms with Gasteiger partial charge in [0.2, 0.25) is 10.0 Å². The molecule has 32 heavy (non-hydrogen) atoms. The van der Waals surface area contributed by atoms with Gasteiger partial charge < -0.3 is 9.53 Å². The Balaban J connectivity index is 2.38. The molecule has 8 nitrogen and oxygen atoms in total. The van der Waals surface area contributed by atoms with Crippen LogP contribution in [0.1, 0.15) is 33.6 Å². The van der Waals surface area contributed by atoms with Gasteiger partial charge in [0.05, 0.1) is 15.9 Å². The molecule has 1 aliphatic carbocycles. The smallest absolute Gasteiger partial charge is 0.269 e. The summed E-state index contributed by atoms with van der Waals surface area (Å²) in [5, 5.41) is 21.3. The fourth-order valence-electron chi connectivity index (χ4n) is 3.37. The molecule has 10 heteroatoms. The Morgan fingerprint density at radius 2 is 1.84 bits per heavy atom. The molecule has 0 aromatic heterocycles. The Morgan fingerprint density at radius 1 is 1.25 bits per heavy atom. The first-order chi connectivity index (χ1) is 14.7. The van der Waals surface area contributed by atoms with Gasteiger partial charge >= 0.3 is 0 Å². The maximum absolute atomic E-state index is 13.4. The monoisotopic (exact) mass is 482 g/mol. The molecule has 0 heterocycles. The lowest BCUT2D eigenvalue weighted by atomic mass is 10.1. The molecule has 0 saturated carbocycles. The summed E-state index contributed by atoms with van der Waals surface area (Å²) in [7, 11) is -6.12. The van der Waals surface area contributed by atoms with Gasteiger partial charge in [-0.1, -0.05) is 39.0 Å².